The lowest BCUT2D eigenvalue weighted by atomic mass is 9.86. The number of fused-ring (bicyclic) bond motifs is 1. The van der Waals surface area contributed by atoms with Crippen molar-refractivity contribution in [1.82, 2.24) is 5.32 Å². The summed E-state index contributed by atoms with van der Waals surface area (Å²) in [6.07, 6.45) is 0.426. The minimum absolute atomic E-state index is 0.0326. The average molecular weight is 275 g/mol. The van der Waals surface area contributed by atoms with Crippen LogP contribution in [0.4, 0.5) is 11.4 Å². The normalized spacial score (nSPS) is 16.2. The van der Waals surface area contributed by atoms with Crippen LogP contribution in [-0.4, -0.2) is 32.5 Å². The standard InChI is InChI=1S/C15H21N3O2/c1-15(2)11-9-10(17-13(19)7-8-16-3)5-6-12(11)18(4)14(15)20/h5-6,9,16H,7-8H2,1-4H3,(H,17,19). The van der Waals surface area contributed by atoms with E-state index in [1.54, 1.807) is 11.9 Å². The van der Waals surface area contributed by atoms with E-state index in [1.165, 1.54) is 0 Å². The number of carbonyl (C=O) groups excluding carboxylic acids is 2. The lowest BCUT2D eigenvalue weighted by molar-refractivity contribution is -0.121. The summed E-state index contributed by atoms with van der Waals surface area (Å²) >= 11 is 0. The number of amides is 2. The summed E-state index contributed by atoms with van der Waals surface area (Å²) in [5.74, 6) is 0.0425. The van der Waals surface area contributed by atoms with Crippen LogP contribution in [0.2, 0.25) is 0 Å². The molecule has 108 valence electrons. The van der Waals surface area contributed by atoms with Crippen molar-refractivity contribution in [2.45, 2.75) is 25.7 Å². The van der Waals surface area contributed by atoms with Gasteiger partial charge in [0.25, 0.3) is 0 Å². The van der Waals surface area contributed by atoms with Crippen LogP contribution < -0.4 is 15.5 Å². The highest BCUT2D eigenvalue weighted by molar-refractivity contribution is 6.07. The summed E-state index contributed by atoms with van der Waals surface area (Å²) in [5.41, 5.74) is 2.06. The maximum Gasteiger partial charge on any atom is 0.236 e. The zero-order chi connectivity index (χ0) is 14.9. The minimum atomic E-state index is -0.546. The fraction of sp³-hybridized carbons (Fsp3) is 0.467. The highest BCUT2D eigenvalue weighted by Crippen LogP contribution is 2.41. The second kappa shape index (κ2) is 5.25. The molecule has 0 aromatic heterocycles. The van der Waals surface area contributed by atoms with E-state index in [-0.39, 0.29) is 11.8 Å². The van der Waals surface area contributed by atoms with E-state index in [9.17, 15) is 9.59 Å². The molecule has 0 saturated heterocycles. The molecule has 1 aliphatic rings. The van der Waals surface area contributed by atoms with Crippen molar-refractivity contribution in [3.63, 3.8) is 0 Å². The molecule has 5 nitrogen and oxygen atoms in total. The van der Waals surface area contributed by atoms with Crippen LogP contribution >= 0.6 is 0 Å². The van der Waals surface area contributed by atoms with Gasteiger partial charge in [0.2, 0.25) is 11.8 Å². The van der Waals surface area contributed by atoms with Gasteiger partial charge in [0.1, 0.15) is 0 Å². The van der Waals surface area contributed by atoms with Crippen LogP contribution in [0.1, 0.15) is 25.8 Å². The monoisotopic (exact) mass is 275 g/mol. The molecule has 1 heterocycles. The summed E-state index contributed by atoms with van der Waals surface area (Å²) in [6, 6.07) is 5.62. The molecular formula is C15H21N3O2. The Balaban J connectivity index is 2.23. The highest BCUT2D eigenvalue weighted by atomic mass is 16.2. The quantitative estimate of drug-likeness (QED) is 0.875. The van der Waals surface area contributed by atoms with Crippen molar-refractivity contribution in [3.8, 4) is 0 Å². The molecule has 2 N–H and O–H groups in total. The summed E-state index contributed by atoms with van der Waals surface area (Å²) < 4.78 is 0. The third-order valence-corrected chi connectivity index (χ3v) is 3.76. The van der Waals surface area contributed by atoms with Crippen molar-refractivity contribution >= 4 is 23.2 Å². The van der Waals surface area contributed by atoms with Crippen LogP contribution in [0.25, 0.3) is 0 Å². The van der Waals surface area contributed by atoms with Gasteiger partial charge in [-0.1, -0.05) is 0 Å². The van der Waals surface area contributed by atoms with Crippen LogP contribution in [0.5, 0.6) is 0 Å². The zero-order valence-corrected chi connectivity index (χ0v) is 12.4. The summed E-state index contributed by atoms with van der Waals surface area (Å²) in [6.45, 7) is 4.46. The Kier molecular flexibility index (Phi) is 3.81. The Hall–Kier alpha value is -1.88. The number of rotatable bonds is 4. The zero-order valence-electron chi connectivity index (χ0n) is 12.4. The van der Waals surface area contributed by atoms with Crippen molar-refractivity contribution in [3.05, 3.63) is 23.8 Å². The maximum atomic E-state index is 12.2. The number of benzene rings is 1. The number of hydrogen-bond donors (Lipinski definition) is 2. The van der Waals surface area contributed by atoms with Gasteiger partial charge < -0.3 is 15.5 Å². The van der Waals surface area contributed by atoms with Gasteiger partial charge in [0, 0.05) is 31.4 Å². The van der Waals surface area contributed by atoms with Gasteiger partial charge in [-0.2, -0.15) is 0 Å². The average Bonchev–Trinajstić information content (AvgIpc) is 2.58. The van der Waals surface area contributed by atoms with Crippen molar-refractivity contribution in [2.75, 3.05) is 30.9 Å². The van der Waals surface area contributed by atoms with Gasteiger partial charge in [0.05, 0.1) is 5.41 Å². The Morgan fingerprint density at radius 1 is 1.35 bits per heavy atom. The van der Waals surface area contributed by atoms with Gasteiger partial charge >= 0.3 is 0 Å². The second-order valence-corrected chi connectivity index (χ2v) is 5.62. The molecule has 1 aromatic carbocycles. The van der Waals surface area contributed by atoms with Gasteiger partial charge in [-0.15, -0.1) is 0 Å². The van der Waals surface area contributed by atoms with E-state index in [2.05, 4.69) is 10.6 Å². The molecule has 1 aliphatic heterocycles. The summed E-state index contributed by atoms with van der Waals surface area (Å²) in [4.78, 5) is 25.6. The molecule has 2 rings (SSSR count). The Bertz CT molecular complexity index is 552. The lowest BCUT2D eigenvalue weighted by Gasteiger charge is -2.16. The molecule has 0 atom stereocenters. The first-order valence-corrected chi connectivity index (χ1v) is 6.75. The molecule has 0 spiro atoms. The first kappa shape index (κ1) is 14.5. The van der Waals surface area contributed by atoms with Crippen LogP contribution in [-0.2, 0) is 15.0 Å². The molecule has 1 aromatic rings. The lowest BCUT2D eigenvalue weighted by Crippen LogP contribution is -2.33. The van der Waals surface area contributed by atoms with E-state index in [4.69, 9.17) is 0 Å². The van der Waals surface area contributed by atoms with E-state index in [0.29, 0.717) is 13.0 Å². The number of nitrogens with one attached hydrogen (secondary N) is 2. The molecule has 5 heteroatoms. The number of carbonyl (C=O) groups is 2. The van der Waals surface area contributed by atoms with Crippen LogP contribution in [0.15, 0.2) is 18.2 Å². The van der Waals surface area contributed by atoms with Crippen LogP contribution in [0.3, 0.4) is 0 Å². The van der Waals surface area contributed by atoms with Gasteiger partial charge in [-0.25, -0.2) is 0 Å². The van der Waals surface area contributed by atoms with E-state index < -0.39 is 5.41 Å². The summed E-state index contributed by atoms with van der Waals surface area (Å²) in [5, 5.41) is 5.80. The number of nitrogens with zero attached hydrogens (tertiary/aromatic N) is 1. The van der Waals surface area contributed by atoms with Gasteiger partial charge in [0.15, 0.2) is 0 Å². The number of likely N-dealkylation sites (N-methyl/N-ethyl adjacent to an activating group) is 1. The van der Waals surface area contributed by atoms with Crippen molar-refractivity contribution in [1.29, 1.82) is 0 Å². The van der Waals surface area contributed by atoms with E-state index >= 15 is 0 Å². The van der Waals surface area contributed by atoms with Gasteiger partial charge in [-0.3, -0.25) is 9.59 Å². The van der Waals surface area contributed by atoms with E-state index in [0.717, 1.165) is 16.9 Å². The van der Waals surface area contributed by atoms with Crippen LogP contribution in [0, 0.1) is 0 Å². The Morgan fingerprint density at radius 2 is 2.05 bits per heavy atom. The first-order chi connectivity index (χ1) is 9.37. The third kappa shape index (κ3) is 2.41. The Labute approximate surface area is 119 Å². The third-order valence-electron chi connectivity index (χ3n) is 3.76. The second-order valence-electron chi connectivity index (χ2n) is 5.62. The number of anilines is 2. The minimum Gasteiger partial charge on any atom is -0.326 e. The molecule has 0 saturated carbocycles. The molecule has 0 radical (unpaired) electrons. The molecule has 0 bridgehead atoms. The van der Waals surface area contributed by atoms with Crippen molar-refractivity contribution in [2.24, 2.45) is 0 Å². The SMILES string of the molecule is CNCCC(=O)Nc1ccc2c(c1)C(C)(C)C(=O)N2C. The predicted octanol–water partition coefficient (Wildman–Crippen LogP) is 1.49. The molecule has 20 heavy (non-hydrogen) atoms. The highest BCUT2D eigenvalue weighted by Gasteiger charge is 2.42. The van der Waals surface area contributed by atoms with E-state index in [1.807, 2.05) is 39.1 Å². The maximum absolute atomic E-state index is 12.2. The first-order valence-electron chi connectivity index (χ1n) is 6.75. The van der Waals surface area contributed by atoms with Crippen molar-refractivity contribution < 1.29 is 9.59 Å². The predicted molar refractivity (Wildman–Crippen MR) is 80.1 cm³/mol. The Morgan fingerprint density at radius 3 is 2.70 bits per heavy atom. The fourth-order valence-corrected chi connectivity index (χ4v) is 2.51. The summed E-state index contributed by atoms with van der Waals surface area (Å²) in [7, 11) is 3.59. The molecular weight excluding hydrogens is 254 g/mol. The molecule has 2 amide bonds. The topological polar surface area (TPSA) is 61.4 Å². The van der Waals surface area contributed by atoms with Gasteiger partial charge in [-0.05, 0) is 44.7 Å². The molecule has 0 unspecified atom stereocenters. The largest absolute Gasteiger partial charge is 0.326 e. The molecule has 0 fully saturated rings. The number of hydrogen-bond acceptors (Lipinski definition) is 3. The smallest absolute Gasteiger partial charge is 0.236 e. The fourth-order valence-electron chi connectivity index (χ4n) is 2.51. The molecule has 0 aliphatic carbocycles.